The van der Waals surface area contributed by atoms with Gasteiger partial charge in [0.15, 0.2) is 0 Å². The second kappa shape index (κ2) is 8.39. The van der Waals surface area contributed by atoms with Gasteiger partial charge in [0, 0.05) is 11.1 Å². The minimum absolute atomic E-state index is 0.00684. The van der Waals surface area contributed by atoms with Gasteiger partial charge in [-0.25, -0.2) is 0 Å². The maximum atomic E-state index is 12.6. The second-order valence-corrected chi connectivity index (χ2v) is 7.63. The molecule has 1 aromatic carbocycles. The molecular weight excluding hydrogens is 361 g/mol. The summed E-state index contributed by atoms with van der Waals surface area (Å²) in [4.78, 5) is 26.8. The van der Waals surface area contributed by atoms with Gasteiger partial charge in [-0.15, -0.1) is 0 Å². The molecule has 1 aliphatic carbocycles. The van der Waals surface area contributed by atoms with Crippen LogP contribution in [-0.4, -0.2) is 41.9 Å². The molecule has 2 aliphatic rings. The van der Waals surface area contributed by atoms with Crippen molar-refractivity contribution in [1.82, 2.24) is 10.2 Å². The lowest BCUT2D eigenvalue weighted by Gasteiger charge is -2.24. The Hall–Kier alpha value is -1.30. The monoisotopic (exact) mass is 383 g/mol. The van der Waals surface area contributed by atoms with Crippen LogP contribution in [0.1, 0.15) is 38.5 Å². The van der Waals surface area contributed by atoms with Gasteiger partial charge in [0.05, 0.1) is 23.3 Å². The molecular formula is C18H23Cl2N3O2. The number of nitrogens with zero attached hydrogens (tertiary/aromatic N) is 1. The summed E-state index contributed by atoms with van der Waals surface area (Å²) in [6.45, 7) is 1.01. The van der Waals surface area contributed by atoms with Crippen molar-refractivity contribution in [2.75, 3.05) is 18.4 Å². The summed E-state index contributed by atoms with van der Waals surface area (Å²) in [7, 11) is 0. The van der Waals surface area contributed by atoms with Crippen molar-refractivity contribution in [3.63, 3.8) is 0 Å². The lowest BCUT2D eigenvalue weighted by Crippen LogP contribution is -2.46. The van der Waals surface area contributed by atoms with Crippen LogP contribution in [0.4, 0.5) is 5.69 Å². The molecule has 1 heterocycles. The molecule has 2 amide bonds. The first kappa shape index (κ1) is 18.5. The molecule has 1 saturated carbocycles. The Morgan fingerprint density at radius 2 is 1.88 bits per heavy atom. The second-order valence-electron chi connectivity index (χ2n) is 6.79. The molecule has 0 bridgehead atoms. The van der Waals surface area contributed by atoms with Gasteiger partial charge >= 0.3 is 0 Å². The predicted octanol–water partition coefficient (Wildman–Crippen LogP) is 3.46. The number of hydrogen-bond donors (Lipinski definition) is 2. The third-order valence-corrected chi connectivity index (χ3v) is 5.48. The first-order valence-electron chi connectivity index (χ1n) is 8.82. The van der Waals surface area contributed by atoms with Gasteiger partial charge in [0.1, 0.15) is 0 Å². The zero-order valence-electron chi connectivity index (χ0n) is 14.1. The van der Waals surface area contributed by atoms with Gasteiger partial charge in [-0.2, -0.15) is 0 Å². The quantitative estimate of drug-likeness (QED) is 0.818. The molecule has 136 valence electrons. The Kier molecular flexibility index (Phi) is 6.20. The highest BCUT2D eigenvalue weighted by Crippen LogP contribution is 2.27. The van der Waals surface area contributed by atoms with E-state index in [2.05, 4.69) is 10.6 Å². The van der Waals surface area contributed by atoms with E-state index in [-0.39, 0.29) is 24.4 Å². The van der Waals surface area contributed by atoms with Crippen LogP contribution in [0.15, 0.2) is 18.2 Å². The molecule has 3 rings (SSSR count). The first-order chi connectivity index (χ1) is 12.0. The van der Waals surface area contributed by atoms with Gasteiger partial charge in [0.2, 0.25) is 11.8 Å². The van der Waals surface area contributed by atoms with E-state index >= 15 is 0 Å². The van der Waals surface area contributed by atoms with Crippen molar-refractivity contribution in [2.45, 2.75) is 50.6 Å². The van der Waals surface area contributed by atoms with E-state index in [0.717, 1.165) is 32.2 Å². The zero-order chi connectivity index (χ0) is 17.8. The van der Waals surface area contributed by atoms with Crippen LogP contribution in [0.3, 0.4) is 0 Å². The topological polar surface area (TPSA) is 61.4 Å². The van der Waals surface area contributed by atoms with Crippen molar-refractivity contribution in [3.8, 4) is 0 Å². The molecule has 0 radical (unpaired) electrons. The minimum Gasteiger partial charge on any atom is -0.352 e. The molecule has 25 heavy (non-hydrogen) atoms. The van der Waals surface area contributed by atoms with Gasteiger partial charge < -0.3 is 10.6 Å². The maximum absolute atomic E-state index is 12.6. The number of anilines is 1. The van der Waals surface area contributed by atoms with Gasteiger partial charge in [0.25, 0.3) is 0 Å². The molecule has 5 nitrogen and oxygen atoms in total. The van der Waals surface area contributed by atoms with E-state index < -0.39 is 0 Å². The van der Waals surface area contributed by atoms with E-state index in [4.69, 9.17) is 23.2 Å². The van der Waals surface area contributed by atoms with Crippen LogP contribution >= 0.6 is 23.2 Å². The van der Waals surface area contributed by atoms with Crippen LogP contribution in [0.2, 0.25) is 10.0 Å². The predicted molar refractivity (Wildman–Crippen MR) is 100 cm³/mol. The normalized spacial score (nSPS) is 21.4. The van der Waals surface area contributed by atoms with Gasteiger partial charge in [-0.05, 0) is 50.4 Å². The summed E-state index contributed by atoms with van der Waals surface area (Å²) in [5.74, 6) is -0.136. The van der Waals surface area contributed by atoms with Crippen molar-refractivity contribution in [2.24, 2.45) is 0 Å². The summed E-state index contributed by atoms with van der Waals surface area (Å²) < 4.78 is 0. The lowest BCUT2D eigenvalue weighted by molar-refractivity contribution is -0.125. The molecule has 1 atom stereocenters. The molecule has 1 aliphatic heterocycles. The molecule has 7 heteroatoms. The maximum Gasteiger partial charge on any atom is 0.241 e. The molecule has 0 aromatic heterocycles. The minimum atomic E-state index is -0.315. The molecule has 0 spiro atoms. The van der Waals surface area contributed by atoms with Gasteiger partial charge in [-0.3, -0.25) is 14.5 Å². The summed E-state index contributed by atoms with van der Waals surface area (Å²) in [6.07, 6.45) is 6.12. The highest BCUT2D eigenvalue weighted by Gasteiger charge is 2.32. The van der Waals surface area contributed by atoms with E-state index in [0.29, 0.717) is 21.8 Å². The fourth-order valence-corrected chi connectivity index (χ4v) is 3.99. The fraction of sp³-hybridized carbons (Fsp3) is 0.556. The standard InChI is InChI=1S/C18H23Cl2N3O2/c19-12-7-8-14(20)15(10-12)22-18(25)16-6-3-9-23(16)11-17(24)21-13-4-1-2-5-13/h7-8,10,13,16H,1-6,9,11H2,(H,21,24)(H,22,25)/t16-/m1/s1. The van der Waals surface area contributed by atoms with Crippen molar-refractivity contribution in [1.29, 1.82) is 0 Å². The Bertz CT molecular complexity index is 647. The highest BCUT2D eigenvalue weighted by molar-refractivity contribution is 6.35. The summed E-state index contributed by atoms with van der Waals surface area (Å²) >= 11 is 12.1. The summed E-state index contributed by atoms with van der Waals surface area (Å²) in [6, 6.07) is 4.95. The number of rotatable bonds is 5. The van der Waals surface area contributed by atoms with E-state index in [1.54, 1.807) is 18.2 Å². The smallest absolute Gasteiger partial charge is 0.241 e. The third kappa shape index (κ3) is 4.87. The number of amides is 2. The Morgan fingerprint density at radius 3 is 2.64 bits per heavy atom. The Labute approximate surface area is 158 Å². The lowest BCUT2D eigenvalue weighted by atomic mass is 10.2. The average Bonchev–Trinajstić information content (AvgIpc) is 3.22. The largest absolute Gasteiger partial charge is 0.352 e. The number of nitrogens with one attached hydrogen (secondary N) is 2. The highest BCUT2D eigenvalue weighted by atomic mass is 35.5. The fourth-order valence-electron chi connectivity index (χ4n) is 3.65. The number of halogens is 2. The van der Waals surface area contributed by atoms with Crippen LogP contribution in [0.5, 0.6) is 0 Å². The van der Waals surface area contributed by atoms with Crippen LogP contribution in [0.25, 0.3) is 0 Å². The van der Waals surface area contributed by atoms with Crippen LogP contribution in [-0.2, 0) is 9.59 Å². The summed E-state index contributed by atoms with van der Waals surface area (Å²) in [5, 5.41) is 6.88. The zero-order valence-corrected chi connectivity index (χ0v) is 15.6. The number of benzene rings is 1. The number of carbonyl (C=O) groups excluding carboxylic acids is 2. The number of likely N-dealkylation sites (tertiary alicyclic amines) is 1. The molecule has 0 unspecified atom stereocenters. The van der Waals surface area contributed by atoms with Crippen LogP contribution < -0.4 is 10.6 Å². The number of hydrogen-bond acceptors (Lipinski definition) is 3. The molecule has 1 aromatic rings. The first-order valence-corrected chi connectivity index (χ1v) is 9.58. The third-order valence-electron chi connectivity index (χ3n) is 4.92. The van der Waals surface area contributed by atoms with E-state index in [1.165, 1.54) is 12.8 Å². The average molecular weight is 384 g/mol. The molecule has 1 saturated heterocycles. The van der Waals surface area contributed by atoms with E-state index in [1.807, 2.05) is 4.90 Å². The SMILES string of the molecule is O=C(CN1CCC[C@@H]1C(=O)Nc1cc(Cl)ccc1Cl)NC1CCCC1. The number of carbonyl (C=O) groups is 2. The van der Waals surface area contributed by atoms with Crippen molar-refractivity contribution in [3.05, 3.63) is 28.2 Å². The molecule has 2 N–H and O–H groups in total. The van der Waals surface area contributed by atoms with Gasteiger partial charge in [-0.1, -0.05) is 36.0 Å². The van der Waals surface area contributed by atoms with Crippen LogP contribution in [0, 0.1) is 0 Å². The Morgan fingerprint density at radius 1 is 1.12 bits per heavy atom. The van der Waals surface area contributed by atoms with E-state index in [9.17, 15) is 9.59 Å². The molecule has 2 fully saturated rings. The van der Waals surface area contributed by atoms with Crippen molar-refractivity contribution < 1.29 is 9.59 Å². The summed E-state index contributed by atoms with van der Waals surface area (Å²) in [5.41, 5.74) is 0.501. The Balaban J connectivity index is 1.57. The van der Waals surface area contributed by atoms with Crippen molar-refractivity contribution >= 4 is 40.7 Å².